The predicted octanol–water partition coefficient (Wildman–Crippen LogP) is 3.73. The molecule has 1 amide bonds. The Bertz CT molecular complexity index is 730. The van der Waals surface area contributed by atoms with Gasteiger partial charge in [0.1, 0.15) is 11.1 Å². The second kappa shape index (κ2) is 6.59. The molecule has 1 aliphatic heterocycles. The molecule has 1 fully saturated rings. The van der Waals surface area contributed by atoms with E-state index < -0.39 is 5.60 Å². The molecule has 0 spiro atoms. The average Bonchev–Trinajstić information content (AvgIpc) is 2.88. The molecular weight excluding hydrogens is 328 g/mol. The maximum Gasteiger partial charge on any atom is 0.410 e. The number of likely N-dealkylation sites (tertiary alicyclic amines) is 1. The van der Waals surface area contributed by atoms with Crippen LogP contribution in [0.1, 0.15) is 33.6 Å². The molecule has 1 aromatic carbocycles. The van der Waals surface area contributed by atoms with Gasteiger partial charge in [-0.2, -0.15) is 0 Å². The molecule has 0 aliphatic carbocycles. The third-order valence-electron chi connectivity index (χ3n) is 4.17. The zero-order chi connectivity index (χ0) is 17.3. The summed E-state index contributed by atoms with van der Waals surface area (Å²) in [6.07, 6.45) is 1.66. The first-order valence-corrected chi connectivity index (χ1v) is 8.66. The van der Waals surface area contributed by atoms with Crippen LogP contribution < -0.4 is 0 Å². The van der Waals surface area contributed by atoms with Crippen LogP contribution in [-0.4, -0.2) is 44.7 Å². The van der Waals surface area contributed by atoms with Gasteiger partial charge in [0.2, 0.25) is 0 Å². The highest BCUT2D eigenvalue weighted by Gasteiger charge is 2.27. The van der Waals surface area contributed by atoms with Crippen LogP contribution in [0.15, 0.2) is 18.2 Å². The quantitative estimate of drug-likeness (QED) is 0.828. The monoisotopic (exact) mass is 350 g/mol. The molecule has 0 radical (unpaired) electrons. The Kier molecular flexibility index (Phi) is 4.67. The number of carbonyl (C=O) groups excluding carboxylic acids is 1. The minimum atomic E-state index is -0.450. The molecule has 6 nitrogen and oxygen atoms in total. The Morgan fingerprint density at radius 3 is 2.71 bits per heavy atom. The number of amides is 1. The van der Waals surface area contributed by atoms with E-state index in [2.05, 4.69) is 10.3 Å². The molecule has 1 aromatic heterocycles. The van der Waals surface area contributed by atoms with Crippen molar-refractivity contribution in [3.63, 3.8) is 0 Å². The third kappa shape index (κ3) is 3.98. The van der Waals surface area contributed by atoms with Gasteiger partial charge in [-0.25, -0.2) is 9.48 Å². The highest BCUT2D eigenvalue weighted by molar-refractivity contribution is 6.31. The molecule has 2 heterocycles. The minimum absolute atomic E-state index is 0.221. The number of halogens is 1. The maximum atomic E-state index is 12.1. The lowest BCUT2D eigenvalue weighted by Crippen LogP contribution is -2.42. The Morgan fingerprint density at radius 2 is 2.04 bits per heavy atom. The fourth-order valence-electron chi connectivity index (χ4n) is 2.95. The van der Waals surface area contributed by atoms with E-state index in [1.54, 1.807) is 4.90 Å². The lowest BCUT2D eigenvalue weighted by Gasteiger charge is -2.33. The van der Waals surface area contributed by atoms with E-state index in [-0.39, 0.29) is 6.09 Å². The van der Waals surface area contributed by atoms with Gasteiger partial charge in [0.15, 0.2) is 0 Å². The van der Waals surface area contributed by atoms with Crippen LogP contribution in [0.4, 0.5) is 4.79 Å². The first-order chi connectivity index (χ1) is 11.3. The second-order valence-corrected chi connectivity index (χ2v) is 7.75. The zero-order valence-electron chi connectivity index (χ0n) is 14.3. The van der Waals surface area contributed by atoms with Crippen molar-refractivity contribution in [1.29, 1.82) is 0 Å². The van der Waals surface area contributed by atoms with Gasteiger partial charge in [0, 0.05) is 24.7 Å². The molecule has 1 saturated heterocycles. The Hall–Kier alpha value is -1.82. The first kappa shape index (κ1) is 17.0. The molecule has 24 heavy (non-hydrogen) atoms. The fraction of sp³-hybridized carbons (Fsp3) is 0.588. The Labute approximate surface area is 146 Å². The largest absolute Gasteiger partial charge is 0.444 e. The summed E-state index contributed by atoms with van der Waals surface area (Å²) in [7, 11) is 0. The number of benzene rings is 1. The van der Waals surface area contributed by atoms with Crippen LogP contribution in [0, 0.1) is 5.92 Å². The molecular formula is C17H23ClN4O2. The number of hydrogen-bond donors (Lipinski definition) is 0. The van der Waals surface area contributed by atoms with E-state index in [4.69, 9.17) is 16.3 Å². The van der Waals surface area contributed by atoms with Gasteiger partial charge in [0.25, 0.3) is 0 Å². The number of ether oxygens (including phenoxy) is 1. The Balaban J connectivity index is 1.58. The van der Waals surface area contributed by atoms with Crippen LogP contribution >= 0.6 is 11.6 Å². The molecule has 3 rings (SSSR count). The van der Waals surface area contributed by atoms with E-state index in [0.29, 0.717) is 10.9 Å². The molecule has 0 bridgehead atoms. The highest BCUT2D eigenvalue weighted by Crippen LogP contribution is 2.23. The topological polar surface area (TPSA) is 60.2 Å². The maximum absolute atomic E-state index is 12.1. The fourth-order valence-corrected chi connectivity index (χ4v) is 3.12. The number of fused-ring (bicyclic) bond motifs is 1. The summed E-state index contributed by atoms with van der Waals surface area (Å²) in [6, 6.07) is 5.63. The molecule has 0 unspecified atom stereocenters. The standard InChI is InChI=1S/C17H23ClN4O2/c1-17(2,3)24-16(23)21-8-6-12(7-9-21)11-22-15-5-4-13(18)10-14(15)19-20-22/h4-5,10,12H,6-9,11H2,1-3H3. The van der Waals surface area contributed by atoms with Gasteiger partial charge in [-0.05, 0) is 57.7 Å². The van der Waals surface area contributed by atoms with E-state index in [1.807, 2.05) is 43.7 Å². The number of hydrogen-bond acceptors (Lipinski definition) is 4. The number of carbonyl (C=O) groups is 1. The number of rotatable bonds is 2. The van der Waals surface area contributed by atoms with Gasteiger partial charge in [-0.3, -0.25) is 0 Å². The van der Waals surface area contributed by atoms with Crippen LogP contribution in [-0.2, 0) is 11.3 Å². The summed E-state index contributed by atoms with van der Waals surface area (Å²) in [4.78, 5) is 13.9. The highest BCUT2D eigenvalue weighted by atomic mass is 35.5. The lowest BCUT2D eigenvalue weighted by molar-refractivity contribution is 0.0177. The number of nitrogens with zero attached hydrogens (tertiary/aromatic N) is 4. The van der Waals surface area contributed by atoms with Crippen LogP contribution in [0.3, 0.4) is 0 Å². The summed E-state index contributed by atoms with van der Waals surface area (Å²) in [5.74, 6) is 0.476. The molecule has 1 aliphatic rings. The van der Waals surface area contributed by atoms with Crippen molar-refractivity contribution in [2.45, 2.75) is 45.8 Å². The van der Waals surface area contributed by atoms with Gasteiger partial charge in [-0.1, -0.05) is 16.8 Å². The summed E-state index contributed by atoms with van der Waals surface area (Å²) >= 11 is 5.98. The van der Waals surface area contributed by atoms with Gasteiger partial charge in [-0.15, -0.1) is 5.10 Å². The van der Waals surface area contributed by atoms with Crippen molar-refractivity contribution < 1.29 is 9.53 Å². The van der Waals surface area contributed by atoms with E-state index >= 15 is 0 Å². The predicted molar refractivity (Wildman–Crippen MR) is 93.1 cm³/mol. The van der Waals surface area contributed by atoms with Crippen molar-refractivity contribution in [3.8, 4) is 0 Å². The first-order valence-electron chi connectivity index (χ1n) is 8.28. The number of aromatic nitrogens is 3. The van der Waals surface area contributed by atoms with Crippen LogP contribution in [0.25, 0.3) is 11.0 Å². The minimum Gasteiger partial charge on any atom is -0.444 e. The summed E-state index contributed by atoms with van der Waals surface area (Å²) in [6.45, 7) is 7.91. The van der Waals surface area contributed by atoms with Crippen molar-refractivity contribution in [1.82, 2.24) is 19.9 Å². The molecule has 0 saturated carbocycles. The van der Waals surface area contributed by atoms with Gasteiger partial charge < -0.3 is 9.64 Å². The van der Waals surface area contributed by atoms with E-state index in [9.17, 15) is 4.79 Å². The normalized spacial score (nSPS) is 16.6. The average molecular weight is 351 g/mol. The van der Waals surface area contributed by atoms with Crippen LogP contribution in [0.5, 0.6) is 0 Å². The number of piperidine rings is 1. The molecule has 0 N–H and O–H groups in total. The van der Waals surface area contributed by atoms with Gasteiger partial charge >= 0.3 is 6.09 Å². The van der Waals surface area contributed by atoms with Gasteiger partial charge in [0.05, 0.1) is 5.52 Å². The lowest BCUT2D eigenvalue weighted by atomic mass is 9.97. The van der Waals surface area contributed by atoms with Crippen LogP contribution in [0.2, 0.25) is 5.02 Å². The zero-order valence-corrected chi connectivity index (χ0v) is 15.1. The van der Waals surface area contributed by atoms with E-state index in [1.165, 1.54) is 0 Å². The molecule has 130 valence electrons. The second-order valence-electron chi connectivity index (χ2n) is 7.32. The summed E-state index contributed by atoms with van der Waals surface area (Å²) in [5, 5.41) is 9.08. The van der Waals surface area contributed by atoms with Crippen molar-refractivity contribution in [2.24, 2.45) is 5.92 Å². The summed E-state index contributed by atoms with van der Waals surface area (Å²) in [5.41, 5.74) is 1.36. The molecule has 7 heteroatoms. The SMILES string of the molecule is CC(C)(C)OC(=O)N1CCC(Cn2nnc3cc(Cl)ccc32)CC1. The van der Waals surface area contributed by atoms with Crippen molar-refractivity contribution in [2.75, 3.05) is 13.1 Å². The van der Waals surface area contributed by atoms with E-state index in [0.717, 1.165) is 43.5 Å². The third-order valence-corrected chi connectivity index (χ3v) is 4.41. The summed E-state index contributed by atoms with van der Waals surface area (Å²) < 4.78 is 7.36. The van der Waals surface area contributed by atoms with Crippen molar-refractivity contribution >= 4 is 28.7 Å². The molecule has 0 atom stereocenters. The van der Waals surface area contributed by atoms with Crippen molar-refractivity contribution in [3.05, 3.63) is 23.2 Å². The molecule has 2 aromatic rings. The Morgan fingerprint density at radius 1 is 1.33 bits per heavy atom. The smallest absolute Gasteiger partial charge is 0.410 e.